The smallest absolute Gasteiger partial charge is 0.193 e. The molecule has 8 heteroatoms. The molecule has 0 amide bonds. The predicted molar refractivity (Wildman–Crippen MR) is 104 cm³/mol. The van der Waals surface area contributed by atoms with Crippen LogP contribution in [0, 0.1) is 20.8 Å². The zero-order chi connectivity index (χ0) is 19.4. The normalized spacial score (nSPS) is 17.4. The second kappa shape index (κ2) is 8.56. The lowest BCUT2D eigenvalue weighted by Gasteiger charge is -2.36. The molecule has 1 aliphatic heterocycles. The van der Waals surface area contributed by atoms with Crippen LogP contribution >= 0.6 is 0 Å². The van der Waals surface area contributed by atoms with Gasteiger partial charge in [-0.25, -0.2) is 0 Å². The van der Waals surface area contributed by atoms with E-state index < -0.39 is 0 Å². The van der Waals surface area contributed by atoms with Crippen molar-refractivity contribution in [3.05, 3.63) is 34.5 Å². The second-order valence-electron chi connectivity index (χ2n) is 7.26. The summed E-state index contributed by atoms with van der Waals surface area (Å²) in [5.41, 5.74) is 3.15. The maximum atomic E-state index is 5.29. The van der Waals surface area contributed by atoms with Crippen LogP contribution < -0.4 is 5.32 Å². The molecule has 1 saturated heterocycles. The Bertz CT molecular complexity index is 754. The number of hydrogen-bond acceptors (Lipinski definition) is 6. The summed E-state index contributed by atoms with van der Waals surface area (Å²) in [4.78, 5) is 9.18. The van der Waals surface area contributed by atoms with E-state index in [1.165, 1.54) is 5.56 Å². The number of hydrogen-bond donors (Lipinski definition) is 1. The molecule has 0 spiro atoms. The minimum absolute atomic E-state index is 0.310. The molecule has 8 nitrogen and oxygen atoms in total. The minimum Gasteiger partial charge on any atom is -0.361 e. The highest BCUT2D eigenvalue weighted by molar-refractivity contribution is 5.80. The average molecular weight is 374 g/mol. The zero-order valence-corrected chi connectivity index (χ0v) is 16.9. The summed E-state index contributed by atoms with van der Waals surface area (Å²) in [7, 11) is 1.84. The number of rotatable bonds is 5. The van der Waals surface area contributed by atoms with Crippen molar-refractivity contribution < 1.29 is 9.05 Å². The molecule has 1 unspecified atom stereocenters. The standard InChI is InChI=1S/C19H30N6O2/c1-13(18-15(3)22-27-16(18)4)11-21-19(20-5)25-8-6-24(7-9-25)12-17-10-14(2)26-23-17/h10,13H,6-9,11-12H2,1-5H3,(H,20,21). The van der Waals surface area contributed by atoms with E-state index in [-0.39, 0.29) is 0 Å². The van der Waals surface area contributed by atoms with Crippen molar-refractivity contribution in [1.82, 2.24) is 25.4 Å². The van der Waals surface area contributed by atoms with Crippen molar-refractivity contribution in [2.75, 3.05) is 39.8 Å². The Labute approximate surface area is 160 Å². The van der Waals surface area contributed by atoms with Crippen LogP contribution in [-0.2, 0) is 6.54 Å². The maximum absolute atomic E-state index is 5.29. The number of guanidine groups is 1. The molecule has 3 rings (SSSR count). The lowest BCUT2D eigenvalue weighted by atomic mass is 10.00. The van der Waals surface area contributed by atoms with Gasteiger partial charge in [0.25, 0.3) is 0 Å². The Balaban J connectivity index is 1.49. The van der Waals surface area contributed by atoms with E-state index in [0.29, 0.717) is 5.92 Å². The monoisotopic (exact) mass is 374 g/mol. The molecule has 2 aromatic rings. The lowest BCUT2D eigenvalue weighted by molar-refractivity contribution is 0.169. The Morgan fingerprint density at radius 2 is 1.93 bits per heavy atom. The van der Waals surface area contributed by atoms with Gasteiger partial charge in [0.15, 0.2) is 5.96 Å². The fraction of sp³-hybridized carbons (Fsp3) is 0.632. The number of nitrogens with zero attached hydrogens (tertiary/aromatic N) is 5. The molecule has 2 aromatic heterocycles. The fourth-order valence-electron chi connectivity index (χ4n) is 3.71. The third-order valence-corrected chi connectivity index (χ3v) is 5.09. The van der Waals surface area contributed by atoms with E-state index in [4.69, 9.17) is 9.05 Å². The van der Waals surface area contributed by atoms with Crippen LogP contribution in [0.3, 0.4) is 0 Å². The number of aryl methyl sites for hydroxylation is 3. The van der Waals surface area contributed by atoms with Gasteiger partial charge >= 0.3 is 0 Å². The third-order valence-electron chi connectivity index (χ3n) is 5.09. The van der Waals surface area contributed by atoms with Crippen molar-refractivity contribution in [1.29, 1.82) is 0 Å². The van der Waals surface area contributed by atoms with Gasteiger partial charge < -0.3 is 19.3 Å². The molecule has 0 aromatic carbocycles. The summed E-state index contributed by atoms with van der Waals surface area (Å²) < 4.78 is 10.4. The molecule has 1 atom stereocenters. The first-order chi connectivity index (χ1) is 13.0. The van der Waals surface area contributed by atoms with Crippen molar-refractivity contribution in [3.63, 3.8) is 0 Å². The summed E-state index contributed by atoms with van der Waals surface area (Å²) >= 11 is 0. The van der Waals surface area contributed by atoms with Gasteiger partial charge in [0.05, 0.1) is 11.4 Å². The first kappa shape index (κ1) is 19.4. The molecule has 27 heavy (non-hydrogen) atoms. The Hall–Kier alpha value is -2.35. The summed E-state index contributed by atoms with van der Waals surface area (Å²) in [6.45, 7) is 13.5. The summed E-state index contributed by atoms with van der Waals surface area (Å²) in [5.74, 6) is 3.02. The van der Waals surface area contributed by atoms with Gasteiger partial charge in [0.2, 0.25) is 0 Å². The molecule has 3 heterocycles. The van der Waals surface area contributed by atoms with Crippen LogP contribution in [0.1, 0.15) is 41.3 Å². The number of nitrogens with one attached hydrogen (secondary N) is 1. The van der Waals surface area contributed by atoms with Gasteiger partial charge in [-0.1, -0.05) is 17.2 Å². The van der Waals surface area contributed by atoms with E-state index in [1.807, 2.05) is 33.9 Å². The van der Waals surface area contributed by atoms with Gasteiger partial charge in [0.1, 0.15) is 11.5 Å². The SMILES string of the molecule is CN=C(NCC(C)c1c(C)noc1C)N1CCN(Cc2cc(C)on2)CC1. The van der Waals surface area contributed by atoms with Gasteiger partial charge in [-0.2, -0.15) is 0 Å². The van der Waals surface area contributed by atoms with Gasteiger partial charge in [-0.3, -0.25) is 9.89 Å². The molecular formula is C19H30N6O2. The van der Waals surface area contributed by atoms with Crippen molar-refractivity contribution in [3.8, 4) is 0 Å². The van der Waals surface area contributed by atoms with Crippen LogP contribution in [0.15, 0.2) is 20.1 Å². The first-order valence-corrected chi connectivity index (χ1v) is 9.50. The molecule has 1 aliphatic rings. The van der Waals surface area contributed by atoms with Crippen LogP contribution in [0.4, 0.5) is 0 Å². The molecule has 148 valence electrons. The Kier molecular flexibility index (Phi) is 6.15. The lowest BCUT2D eigenvalue weighted by Crippen LogP contribution is -2.52. The minimum atomic E-state index is 0.310. The Morgan fingerprint density at radius 1 is 1.19 bits per heavy atom. The number of aliphatic imine (C=N–C) groups is 1. The van der Waals surface area contributed by atoms with E-state index in [9.17, 15) is 0 Å². The molecule has 0 radical (unpaired) electrons. The zero-order valence-electron chi connectivity index (χ0n) is 16.9. The quantitative estimate of drug-likeness (QED) is 0.634. The molecule has 0 aliphatic carbocycles. The van der Waals surface area contributed by atoms with Crippen LogP contribution in [0.2, 0.25) is 0 Å². The predicted octanol–water partition coefficient (Wildman–Crippen LogP) is 2.08. The molecule has 1 fully saturated rings. The van der Waals surface area contributed by atoms with E-state index in [0.717, 1.165) is 68.1 Å². The number of aromatic nitrogens is 2. The molecule has 0 saturated carbocycles. The summed E-state index contributed by atoms with van der Waals surface area (Å²) in [6.07, 6.45) is 0. The first-order valence-electron chi connectivity index (χ1n) is 9.50. The number of piperazine rings is 1. The summed E-state index contributed by atoms with van der Waals surface area (Å²) in [6, 6.07) is 2.00. The Morgan fingerprint density at radius 3 is 2.48 bits per heavy atom. The molecular weight excluding hydrogens is 344 g/mol. The maximum Gasteiger partial charge on any atom is 0.193 e. The van der Waals surface area contributed by atoms with Crippen molar-refractivity contribution in [2.24, 2.45) is 4.99 Å². The average Bonchev–Trinajstić information content (AvgIpc) is 3.21. The van der Waals surface area contributed by atoms with E-state index >= 15 is 0 Å². The molecule has 0 bridgehead atoms. The highest BCUT2D eigenvalue weighted by Crippen LogP contribution is 2.22. The second-order valence-corrected chi connectivity index (χ2v) is 7.26. The van der Waals surface area contributed by atoms with Gasteiger partial charge in [-0.05, 0) is 20.8 Å². The van der Waals surface area contributed by atoms with E-state index in [2.05, 4.69) is 37.3 Å². The van der Waals surface area contributed by atoms with E-state index in [1.54, 1.807) is 0 Å². The van der Waals surface area contributed by atoms with Crippen LogP contribution in [-0.4, -0.2) is 65.8 Å². The van der Waals surface area contributed by atoms with Crippen molar-refractivity contribution in [2.45, 2.75) is 40.2 Å². The highest BCUT2D eigenvalue weighted by Gasteiger charge is 2.22. The summed E-state index contributed by atoms with van der Waals surface area (Å²) in [5, 5.41) is 11.7. The van der Waals surface area contributed by atoms with Crippen LogP contribution in [0.25, 0.3) is 0 Å². The third kappa shape index (κ3) is 4.68. The topological polar surface area (TPSA) is 82.9 Å². The highest BCUT2D eigenvalue weighted by atomic mass is 16.5. The largest absolute Gasteiger partial charge is 0.361 e. The van der Waals surface area contributed by atoms with Gasteiger partial charge in [-0.15, -0.1) is 0 Å². The van der Waals surface area contributed by atoms with Crippen LogP contribution in [0.5, 0.6) is 0 Å². The van der Waals surface area contributed by atoms with Gasteiger partial charge in [0, 0.05) is 63.9 Å². The fourth-order valence-corrected chi connectivity index (χ4v) is 3.71. The van der Waals surface area contributed by atoms with Crippen molar-refractivity contribution >= 4 is 5.96 Å². The molecule has 1 N–H and O–H groups in total.